The second-order valence-electron chi connectivity index (χ2n) is 7.06. The predicted molar refractivity (Wildman–Crippen MR) is 130 cm³/mol. The molecule has 0 atom stereocenters. The van der Waals surface area contributed by atoms with Crippen LogP contribution in [0.1, 0.15) is 16.1 Å². The Kier molecular flexibility index (Phi) is 6.63. The number of fused-ring (bicyclic) bond motifs is 1. The Morgan fingerprint density at radius 2 is 1.86 bits per heavy atom. The minimum atomic E-state index is -0.594. The van der Waals surface area contributed by atoms with Gasteiger partial charge in [0.15, 0.2) is 11.6 Å². The van der Waals surface area contributed by atoms with Gasteiger partial charge in [0, 0.05) is 19.3 Å². The summed E-state index contributed by atoms with van der Waals surface area (Å²) < 4.78 is 17.6. The third-order valence-corrected chi connectivity index (χ3v) is 5.55. The summed E-state index contributed by atoms with van der Waals surface area (Å²) in [5.74, 6) is -0.212. The Balaban J connectivity index is 1.68. The van der Waals surface area contributed by atoms with Crippen LogP contribution in [0, 0.1) is 0 Å². The number of carbonyl (C=O) groups is 2. The topological polar surface area (TPSA) is 133 Å². The molecule has 2 N–H and O–H groups in total. The molecule has 11 nitrogen and oxygen atoms in total. The first-order valence-corrected chi connectivity index (χ1v) is 10.7. The van der Waals surface area contributed by atoms with Crippen molar-refractivity contribution in [2.24, 2.45) is 7.05 Å². The third-order valence-electron chi connectivity index (χ3n) is 4.80. The molecule has 0 radical (unpaired) electrons. The standard InChI is InChI=1S/C22H18Cl2N6O5/c1-5-15(31)26-11-9-30(2)29-20(11)27-22-25-8-10-6-14(35-21(10)28-22)19(32)16-17(23)12(33-3)7-13(34-4)18(16)24/h5-9H,1H2,2-4H3,(H,26,31)(H,25,27,28,29). The quantitative estimate of drug-likeness (QED) is 0.258. The summed E-state index contributed by atoms with van der Waals surface area (Å²) in [5.41, 5.74) is 0.485. The lowest BCUT2D eigenvalue weighted by atomic mass is 10.1. The fraction of sp³-hybridized carbons (Fsp3) is 0.136. The van der Waals surface area contributed by atoms with E-state index >= 15 is 0 Å². The van der Waals surface area contributed by atoms with Crippen molar-refractivity contribution in [3.05, 3.63) is 58.6 Å². The number of methoxy groups -OCH3 is 2. The van der Waals surface area contributed by atoms with Crippen LogP contribution in [-0.2, 0) is 11.8 Å². The molecule has 1 amide bonds. The summed E-state index contributed by atoms with van der Waals surface area (Å²) >= 11 is 12.7. The summed E-state index contributed by atoms with van der Waals surface area (Å²) in [6, 6.07) is 2.95. The molecule has 13 heteroatoms. The molecule has 3 heterocycles. The number of ether oxygens (including phenoxy) is 2. The van der Waals surface area contributed by atoms with E-state index in [2.05, 4.69) is 32.3 Å². The van der Waals surface area contributed by atoms with Crippen LogP contribution in [0.3, 0.4) is 0 Å². The minimum absolute atomic E-state index is 0.0152. The predicted octanol–water partition coefficient (Wildman–Crippen LogP) is 4.38. The second-order valence-corrected chi connectivity index (χ2v) is 7.82. The van der Waals surface area contributed by atoms with Crippen LogP contribution in [-0.4, -0.2) is 45.7 Å². The van der Waals surface area contributed by atoms with Crippen molar-refractivity contribution < 1.29 is 23.5 Å². The molecule has 35 heavy (non-hydrogen) atoms. The first kappa shape index (κ1) is 24.0. The Morgan fingerprint density at radius 1 is 1.17 bits per heavy atom. The highest BCUT2D eigenvalue weighted by atomic mass is 35.5. The van der Waals surface area contributed by atoms with Crippen molar-refractivity contribution in [2.75, 3.05) is 24.9 Å². The van der Waals surface area contributed by atoms with Crippen LogP contribution in [0.5, 0.6) is 11.5 Å². The molecular formula is C22H18Cl2N6O5. The Hall–Kier alpha value is -4.09. The Bertz CT molecular complexity index is 1450. The molecule has 0 unspecified atom stereocenters. The van der Waals surface area contributed by atoms with Gasteiger partial charge >= 0.3 is 0 Å². The molecule has 4 rings (SSSR count). The third kappa shape index (κ3) is 4.63. The number of rotatable bonds is 8. The van der Waals surface area contributed by atoms with Gasteiger partial charge in [0.05, 0.1) is 41.4 Å². The number of nitrogens with one attached hydrogen (secondary N) is 2. The van der Waals surface area contributed by atoms with Gasteiger partial charge in [-0.05, 0) is 12.1 Å². The van der Waals surface area contributed by atoms with Crippen molar-refractivity contribution in [3.8, 4) is 11.5 Å². The van der Waals surface area contributed by atoms with E-state index in [1.807, 2.05) is 0 Å². The van der Waals surface area contributed by atoms with Crippen molar-refractivity contribution >= 4 is 63.4 Å². The van der Waals surface area contributed by atoms with Crippen LogP contribution in [0.15, 0.2) is 41.6 Å². The fourth-order valence-electron chi connectivity index (χ4n) is 3.17. The number of benzene rings is 1. The molecule has 0 fully saturated rings. The van der Waals surface area contributed by atoms with E-state index in [9.17, 15) is 9.59 Å². The van der Waals surface area contributed by atoms with Crippen LogP contribution < -0.4 is 20.1 Å². The van der Waals surface area contributed by atoms with E-state index < -0.39 is 11.7 Å². The lowest BCUT2D eigenvalue weighted by Gasteiger charge is -2.12. The van der Waals surface area contributed by atoms with E-state index in [0.29, 0.717) is 16.9 Å². The van der Waals surface area contributed by atoms with E-state index in [4.69, 9.17) is 37.1 Å². The monoisotopic (exact) mass is 516 g/mol. The molecule has 1 aromatic carbocycles. The van der Waals surface area contributed by atoms with Crippen LogP contribution in [0.4, 0.5) is 17.5 Å². The van der Waals surface area contributed by atoms with Crippen molar-refractivity contribution in [2.45, 2.75) is 0 Å². The second kappa shape index (κ2) is 9.65. The maximum absolute atomic E-state index is 13.2. The van der Waals surface area contributed by atoms with E-state index in [-0.39, 0.29) is 44.5 Å². The number of carbonyl (C=O) groups excluding carboxylic acids is 2. The molecular weight excluding hydrogens is 499 g/mol. The van der Waals surface area contributed by atoms with Crippen molar-refractivity contribution in [1.29, 1.82) is 0 Å². The highest BCUT2D eigenvalue weighted by Gasteiger charge is 2.26. The lowest BCUT2D eigenvalue weighted by Crippen LogP contribution is -2.08. The molecule has 3 aromatic heterocycles. The summed E-state index contributed by atoms with van der Waals surface area (Å²) in [7, 11) is 4.50. The zero-order valence-corrected chi connectivity index (χ0v) is 20.2. The number of hydrogen-bond donors (Lipinski definition) is 2. The van der Waals surface area contributed by atoms with Crippen LogP contribution >= 0.6 is 23.2 Å². The van der Waals surface area contributed by atoms with E-state index in [1.54, 1.807) is 13.2 Å². The zero-order chi connectivity index (χ0) is 25.3. The van der Waals surface area contributed by atoms with Gasteiger partial charge in [-0.2, -0.15) is 10.1 Å². The average molecular weight is 517 g/mol. The van der Waals surface area contributed by atoms with Gasteiger partial charge in [0.1, 0.15) is 17.2 Å². The molecule has 0 saturated carbocycles. The van der Waals surface area contributed by atoms with Gasteiger partial charge in [0.25, 0.3) is 0 Å². The highest BCUT2D eigenvalue weighted by Crippen LogP contribution is 2.41. The van der Waals surface area contributed by atoms with Crippen LogP contribution in [0.25, 0.3) is 11.1 Å². The molecule has 0 aliphatic heterocycles. The smallest absolute Gasteiger partial charge is 0.247 e. The molecule has 0 aliphatic carbocycles. The fourth-order valence-corrected chi connectivity index (χ4v) is 3.85. The zero-order valence-electron chi connectivity index (χ0n) is 18.7. The number of aryl methyl sites for hydroxylation is 1. The number of aromatic nitrogens is 4. The average Bonchev–Trinajstić information content (AvgIpc) is 3.41. The molecule has 180 valence electrons. The van der Waals surface area contributed by atoms with Gasteiger partial charge in [-0.15, -0.1) is 0 Å². The number of anilines is 3. The maximum Gasteiger partial charge on any atom is 0.247 e. The molecule has 0 saturated heterocycles. The van der Waals surface area contributed by atoms with Gasteiger partial charge in [-0.25, -0.2) is 4.98 Å². The summed E-state index contributed by atoms with van der Waals surface area (Å²) in [4.78, 5) is 33.4. The Morgan fingerprint density at radius 3 is 2.49 bits per heavy atom. The van der Waals surface area contributed by atoms with Gasteiger partial charge in [0.2, 0.25) is 23.4 Å². The van der Waals surface area contributed by atoms with Gasteiger partial charge < -0.3 is 24.5 Å². The van der Waals surface area contributed by atoms with Gasteiger partial charge in [-0.1, -0.05) is 29.8 Å². The largest absolute Gasteiger partial charge is 0.495 e. The molecule has 0 spiro atoms. The highest BCUT2D eigenvalue weighted by molar-refractivity contribution is 6.42. The number of nitrogens with zero attached hydrogens (tertiary/aromatic N) is 4. The first-order valence-electron chi connectivity index (χ1n) is 9.91. The molecule has 4 aromatic rings. The number of furan rings is 1. The molecule has 0 bridgehead atoms. The number of ketones is 1. The van der Waals surface area contributed by atoms with Crippen molar-refractivity contribution in [1.82, 2.24) is 19.7 Å². The summed E-state index contributed by atoms with van der Waals surface area (Å²) in [6.07, 6.45) is 4.20. The van der Waals surface area contributed by atoms with E-state index in [1.165, 1.54) is 37.2 Å². The number of halogens is 2. The minimum Gasteiger partial charge on any atom is -0.495 e. The normalized spacial score (nSPS) is 10.8. The van der Waals surface area contributed by atoms with Crippen molar-refractivity contribution in [3.63, 3.8) is 0 Å². The number of hydrogen-bond acceptors (Lipinski definition) is 9. The summed E-state index contributed by atoms with van der Waals surface area (Å²) in [6.45, 7) is 3.43. The number of amides is 1. The summed E-state index contributed by atoms with van der Waals surface area (Å²) in [5, 5.41) is 10.3. The Labute approximate surface area is 208 Å². The SMILES string of the molecule is C=CC(=O)Nc1cn(C)nc1Nc1ncc2cc(C(=O)c3c(Cl)c(OC)cc(OC)c3Cl)oc2n1. The first-order chi connectivity index (χ1) is 16.7. The van der Waals surface area contributed by atoms with Gasteiger partial charge in [-0.3, -0.25) is 14.3 Å². The van der Waals surface area contributed by atoms with Crippen LogP contribution in [0.2, 0.25) is 10.0 Å². The maximum atomic E-state index is 13.2. The van der Waals surface area contributed by atoms with E-state index in [0.717, 1.165) is 6.08 Å². The lowest BCUT2D eigenvalue weighted by molar-refractivity contribution is -0.111. The molecule has 0 aliphatic rings.